The van der Waals surface area contributed by atoms with E-state index in [1.807, 2.05) is 0 Å². The van der Waals surface area contributed by atoms with E-state index in [0.717, 1.165) is 4.90 Å². The van der Waals surface area contributed by atoms with Crippen molar-refractivity contribution < 1.29 is 41.0 Å². The van der Waals surface area contributed by atoms with E-state index in [4.69, 9.17) is 28.3 Å². The van der Waals surface area contributed by atoms with Crippen LogP contribution in [0.15, 0.2) is 36.4 Å². The van der Waals surface area contributed by atoms with E-state index in [-0.39, 0.29) is 21.8 Å². The second-order valence-electron chi connectivity index (χ2n) is 6.63. The van der Waals surface area contributed by atoms with Gasteiger partial charge < -0.3 is 10.4 Å². The SMILES string of the molecule is O=C(O)CN(CC(=O)Nc1ccc(Cl)c(Cl)c1)Cc1cc(C(F)(F)F)cc(C(F)(F)F)c1. The molecule has 32 heavy (non-hydrogen) atoms. The molecule has 174 valence electrons. The van der Waals surface area contributed by atoms with Crippen LogP contribution in [-0.4, -0.2) is 35.0 Å². The summed E-state index contributed by atoms with van der Waals surface area (Å²) in [5, 5.41) is 11.8. The molecule has 5 nitrogen and oxygen atoms in total. The highest BCUT2D eigenvalue weighted by Crippen LogP contribution is 2.36. The molecule has 0 radical (unpaired) electrons. The normalized spacial score (nSPS) is 12.2. The summed E-state index contributed by atoms with van der Waals surface area (Å²) >= 11 is 11.6. The molecule has 0 aromatic heterocycles. The lowest BCUT2D eigenvalue weighted by molar-refractivity contribution is -0.144. The molecule has 0 saturated carbocycles. The summed E-state index contributed by atoms with van der Waals surface area (Å²) in [7, 11) is 0. The first-order chi connectivity index (χ1) is 14.6. The minimum atomic E-state index is -5.06. The lowest BCUT2D eigenvalue weighted by Crippen LogP contribution is -2.36. The number of hydrogen-bond donors (Lipinski definition) is 2. The fourth-order valence-corrected chi connectivity index (χ4v) is 3.00. The maximum atomic E-state index is 13.0. The van der Waals surface area contributed by atoms with Gasteiger partial charge in [-0.3, -0.25) is 14.5 Å². The summed E-state index contributed by atoms with van der Waals surface area (Å²) < 4.78 is 78.2. The second-order valence-corrected chi connectivity index (χ2v) is 7.44. The molecule has 1 amide bonds. The molecule has 0 heterocycles. The molecule has 0 aliphatic heterocycles. The highest BCUT2D eigenvalue weighted by molar-refractivity contribution is 6.42. The molecular formula is C19H14Cl2F6N2O3. The first-order valence-corrected chi connectivity index (χ1v) is 9.38. The molecule has 0 bridgehead atoms. The Hall–Kier alpha value is -2.50. The van der Waals surface area contributed by atoms with Crippen molar-refractivity contribution >= 4 is 40.8 Å². The highest BCUT2D eigenvalue weighted by Gasteiger charge is 2.37. The first kappa shape index (κ1) is 25.8. The van der Waals surface area contributed by atoms with Gasteiger partial charge in [-0.1, -0.05) is 23.2 Å². The van der Waals surface area contributed by atoms with Gasteiger partial charge in [0.1, 0.15) is 0 Å². The van der Waals surface area contributed by atoms with Crippen LogP contribution in [0.2, 0.25) is 10.0 Å². The number of carboxylic acids is 1. The maximum Gasteiger partial charge on any atom is 0.416 e. The summed E-state index contributed by atoms with van der Waals surface area (Å²) in [4.78, 5) is 24.2. The molecule has 2 aromatic carbocycles. The Morgan fingerprint density at radius 2 is 1.44 bits per heavy atom. The number of halogens is 8. The molecule has 0 unspecified atom stereocenters. The summed E-state index contributed by atoms with van der Waals surface area (Å²) in [5.74, 6) is -2.21. The van der Waals surface area contributed by atoms with Crippen LogP contribution >= 0.6 is 23.2 Å². The van der Waals surface area contributed by atoms with Crippen LogP contribution < -0.4 is 5.32 Å². The lowest BCUT2D eigenvalue weighted by atomic mass is 10.0. The zero-order chi connectivity index (χ0) is 24.3. The Morgan fingerprint density at radius 3 is 1.91 bits per heavy atom. The number of anilines is 1. The number of alkyl halides is 6. The van der Waals surface area contributed by atoms with Gasteiger partial charge in [0.05, 0.1) is 34.3 Å². The number of aliphatic carboxylic acids is 1. The average Bonchev–Trinajstić information content (AvgIpc) is 2.62. The van der Waals surface area contributed by atoms with Gasteiger partial charge in [-0.2, -0.15) is 26.3 Å². The van der Waals surface area contributed by atoms with Crippen molar-refractivity contribution in [3.05, 3.63) is 63.1 Å². The van der Waals surface area contributed by atoms with Crippen LogP contribution in [0.25, 0.3) is 0 Å². The van der Waals surface area contributed by atoms with Gasteiger partial charge in [-0.05, 0) is 42.0 Å². The number of amides is 1. The van der Waals surface area contributed by atoms with Crippen LogP contribution in [0, 0.1) is 0 Å². The molecule has 2 N–H and O–H groups in total. The van der Waals surface area contributed by atoms with E-state index in [0.29, 0.717) is 12.1 Å². The first-order valence-electron chi connectivity index (χ1n) is 8.62. The second kappa shape index (κ2) is 9.97. The predicted octanol–water partition coefficient (Wildman–Crippen LogP) is 5.56. The van der Waals surface area contributed by atoms with E-state index < -0.39 is 60.6 Å². The molecule has 0 saturated heterocycles. The van der Waals surface area contributed by atoms with Gasteiger partial charge in [0.15, 0.2) is 0 Å². The van der Waals surface area contributed by atoms with Crippen molar-refractivity contribution in [2.45, 2.75) is 18.9 Å². The van der Waals surface area contributed by atoms with Crippen molar-refractivity contribution in [1.82, 2.24) is 4.90 Å². The quantitative estimate of drug-likeness (QED) is 0.486. The Kier molecular flexibility index (Phi) is 8.02. The van der Waals surface area contributed by atoms with E-state index in [1.165, 1.54) is 18.2 Å². The largest absolute Gasteiger partial charge is 0.480 e. The zero-order valence-electron chi connectivity index (χ0n) is 15.8. The number of nitrogens with one attached hydrogen (secondary N) is 1. The maximum absolute atomic E-state index is 13.0. The molecule has 2 aromatic rings. The minimum absolute atomic E-state index is 0.0397. The fourth-order valence-electron chi connectivity index (χ4n) is 2.71. The van der Waals surface area contributed by atoms with Crippen molar-refractivity contribution in [3.63, 3.8) is 0 Å². The smallest absolute Gasteiger partial charge is 0.416 e. The van der Waals surface area contributed by atoms with Gasteiger partial charge in [0.25, 0.3) is 0 Å². The highest BCUT2D eigenvalue weighted by atomic mass is 35.5. The number of carbonyl (C=O) groups is 2. The average molecular weight is 503 g/mol. The Morgan fingerprint density at radius 1 is 0.875 bits per heavy atom. The zero-order valence-corrected chi connectivity index (χ0v) is 17.3. The van der Waals surface area contributed by atoms with Crippen molar-refractivity contribution in [1.29, 1.82) is 0 Å². The molecule has 0 atom stereocenters. The van der Waals surface area contributed by atoms with Gasteiger partial charge in [0.2, 0.25) is 5.91 Å². The Labute approximate surface area is 187 Å². The van der Waals surface area contributed by atoms with Crippen molar-refractivity contribution in [2.75, 3.05) is 18.4 Å². The monoisotopic (exact) mass is 502 g/mol. The predicted molar refractivity (Wildman–Crippen MR) is 104 cm³/mol. The number of benzene rings is 2. The van der Waals surface area contributed by atoms with Crippen LogP contribution in [0.1, 0.15) is 16.7 Å². The fraction of sp³-hybridized carbons (Fsp3) is 0.263. The lowest BCUT2D eigenvalue weighted by Gasteiger charge is -2.21. The summed E-state index contributed by atoms with van der Waals surface area (Å²) in [6, 6.07) is 5.00. The third-order valence-electron chi connectivity index (χ3n) is 3.98. The standard InChI is InChI=1S/C19H14Cl2F6N2O3/c20-14-2-1-13(6-15(14)21)28-16(30)8-29(9-17(31)32)7-10-3-11(18(22,23)24)5-12(4-10)19(25,26)27/h1-6H,7-9H2,(H,28,30)(H,31,32). The van der Waals surface area contributed by atoms with Crippen molar-refractivity contribution in [2.24, 2.45) is 0 Å². The summed E-state index contributed by atoms with van der Waals surface area (Å²) in [6.45, 7) is -2.11. The molecule has 0 aliphatic carbocycles. The summed E-state index contributed by atoms with van der Waals surface area (Å²) in [5.41, 5.74) is -3.34. The number of carbonyl (C=O) groups excluding carboxylic acids is 1. The molecule has 13 heteroatoms. The van der Waals surface area contributed by atoms with Gasteiger partial charge in [0, 0.05) is 12.2 Å². The van der Waals surface area contributed by atoms with Gasteiger partial charge in [-0.15, -0.1) is 0 Å². The Balaban J connectivity index is 2.27. The van der Waals surface area contributed by atoms with Crippen LogP contribution in [0.5, 0.6) is 0 Å². The van der Waals surface area contributed by atoms with Crippen LogP contribution in [-0.2, 0) is 28.5 Å². The molecule has 2 rings (SSSR count). The van der Waals surface area contributed by atoms with E-state index in [9.17, 15) is 35.9 Å². The van der Waals surface area contributed by atoms with Crippen LogP contribution in [0.4, 0.5) is 32.0 Å². The van der Waals surface area contributed by atoms with Crippen molar-refractivity contribution in [3.8, 4) is 0 Å². The Bertz CT molecular complexity index is 979. The third kappa shape index (κ3) is 7.57. The van der Waals surface area contributed by atoms with E-state index in [2.05, 4.69) is 5.32 Å². The van der Waals surface area contributed by atoms with E-state index >= 15 is 0 Å². The minimum Gasteiger partial charge on any atom is -0.480 e. The van der Waals surface area contributed by atoms with Gasteiger partial charge in [-0.25, -0.2) is 0 Å². The molecule has 0 spiro atoms. The van der Waals surface area contributed by atoms with E-state index in [1.54, 1.807) is 0 Å². The third-order valence-corrected chi connectivity index (χ3v) is 4.72. The van der Waals surface area contributed by atoms with Crippen LogP contribution in [0.3, 0.4) is 0 Å². The number of carboxylic acid groups (broad SMARTS) is 1. The number of nitrogens with zero attached hydrogens (tertiary/aromatic N) is 1. The number of rotatable bonds is 7. The number of hydrogen-bond acceptors (Lipinski definition) is 3. The molecule has 0 fully saturated rings. The molecular weight excluding hydrogens is 489 g/mol. The molecule has 0 aliphatic rings. The summed E-state index contributed by atoms with van der Waals surface area (Å²) in [6.07, 6.45) is -10.1. The topological polar surface area (TPSA) is 69.6 Å². The van der Waals surface area contributed by atoms with Gasteiger partial charge >= 0.3 is 18.3 Å².